The molecule has 1 aromatic heterocycles. The summed E-state index contributed by atoms with van der Waals surface area (Å²) in [6, 6.07) is 7.43. The summed E-state index contributed by atoms with van der Waals surface area (Å²) in [5.41, 5.74) is 0. The molecule has 1 amide bonds. The van der Waals surface area contributed by atoms with Gasteiger partial charge in [0.1, 0.15) is 23.2 Å². The Morgan fingerprint density at radius 2 is 1.92 bits per heavy atom. The Bertz CT molecular complexity index is 702. The van der Waals surface area contributed by atoms with Gasteiger partial charge in [-0.3, -0.25) is 4.79 Å². The number of rotatable bonds is 6. The Hall–Kier alpha value is -2.70. The molecule has 2 heterocycles. The summed E-state index contributed by atoms with van der Waals surface area (Å²) in [6.07, 6.45) is 5.33. The van der Waals surface area contributed by atoms with Gasteiger partial charge in [0.2, 0.25) is 0 Å². The summed E-state index contributed by atoms with van der Waals surface area (Å²) >= 11 is 0. The predicted molar refractivity (Wildman–Crippen MR) is 91.8 cm³/mol. The second-order valence-electron chi connectivity index (χ2n) is 5.90. The Morgan fingerprint density at radius 3 is 2.68 bits per heavy atom. The number of hydrogen-bond acceptors (Lipinski definition) is 5. The molecule has 1 saturated heterocycles. The van der Waals surface area contributed by atoms with Crippen LogP contribution in [0.3, 0.4) is 0 Å². The molecule has 132 valence electrons. The van der Waals surface area contributed by atoms with Crippen LogP contribution in [0.25, 0.3) is 0 Å². The molecule has 1 aromatic carbocycles. The highest BCUT2D eigenvalue weighted by molar-refractivity contribution is 5.77. The van der Waals surface area contributed by atoms with Crippen LogP contribution in [-0.4, -0.2) is 35.6 Å². The molecule has 2 aromatic rings. The van der Waals surface area contributed by atoms with Gasteiger partial charge in [-0.15, -0.1) is 0 Å². The molecule has 0 atom stereocenters. The van der Waals surface area contributed by atoms with Crippen molar-refractivity contribution < 1.29 is 13.9 Å². The minimum Gasteiger partial charge on any atom is -0.484 e. The van der Waals surface area contributed by atoms with Gasteiger partial charge in [0, 0.05) is 19.3 Å². The first-order valence-corrected chi connectivity index (χ1v) is 8.43. The highest BCUT2D eigenvalue weighted by Gasteiger charge is 2.13. The Balaban J connectivity index is 1.47. The fraction of sp³-hybridized carbons (Fsp3) is 0.389. The van der Waals surface area contributed by atoms with Gasteiger partial charge in [0.15, 0.2) is 6.61 Å². The summed E-state index contributed by atoms with van der Waals surface area (Å²) in [7, 11) is 0. The molecule has 25 heavy (non-hydrogen) atoms. The van der Waals surface area contributed by atoms with Crippen molar-refractivity contribution in [3.05, 3.63) is 48.2 Å². The van der Waals surface area contributed by atoms with Gasteiger partial charge in [0.05, 0.1) is 6.54 Å². The number of anilines is 1. The van der Waals surface area contributed by atoms with Crippen LogP contribution in [0.2, 0.25) is 0 Å². The largest absolute Gasteiger partial charge is 0.484 e. The van der Waals surface area contributed by atoms with Crippen molar-refractivity contribution in [2.24, 2.45) is 0 Å². The van der Waals surface area contributed by atoms with Gasteiger partial charge < -0.3 is 15.0 Å². The number of hydrogen-bond donors (Lipinski definition) is 1. The van der Waals surface area contributed by atoms with Crippen LogP contribution >= 0.6 is 0 Å². The van der Waals surface area contributed by atoms with Crippen molar-refractivity contribution in [3.8, 4) is 5.75 Å². The molecule has 0 spiro atoms. The van der Waals surface area contributed by atoms with Crippen LogP contribution in [0.15, 0.2) is 36.5 Å². The van der Waals surface area contributed by atoms with E-state index in [1.54, 1.807) is 6.20 Å². The lowest BCUT2D eigenvalue weighted by Crippen LogP contribution is -2.31. The van der Waals surface area contributed by atoms with Crippen LogP contribution in [-0.2, 0) is 11.3 Å². The van der Waals surface area contributed by atoms with E-state index in [0.29, 0.717) is 11.6 Å². The number of aromatic nitrogens is 2. The fourth-order valence-electron chi connectivity index (χ4n) is 2.68. The highest BCUT2D eigenvalue weighted by Crippen LogP contribution is 2.16. The maximum absolute atomic E-state index is 12.8. The second-order valence-corrected chi connectivity index (χ2v) is 5.90. The molecule has 1 aliphatic heterocycles. The molecule has 0 radical (unpaired) electrons. The molecule has 1 N–H and O–H groups in total. The molecular formula is C18H21FN4O2. The van der Waals surface area contributed by atoms with Gasteiger partial charge in [-0.05, 0) is 49.6 Å². The molecule has 0 bridgehead atoms. The van der Waals surface area contributed by atoms with Crippen LogP contribution in [0, 0.1) is 5.82 Å². The van der Waals surface area contributed by atoms with E-state index in [0.717, 1.165) is 18.9 Å². The zero-order valence-electron chi connectivity index (χ0n) is 13.9. The van der Waals surface area contributed by atoms with Crippen LogP contribution in [0.5, 0.6) is 5.75 Å². The number of nitrogens with zero attached hydrogens (tertiary/aromatic N) is 3. The number of piperidine rings is 1. The lowest BCUT2D eigenvalue weighted by molar-refractivity contribution is -0.123. The van der Waals surface area contributed by atoms with E-state index in [-0.39, 0.29) is 24.9 Å². The number of nitrogens with one attached hydrogen (secondary N) is 1. The molecule has 0 aliphatic carbocycles. The standard InChI is InChI=1S/C18H21FN4O2/c19-14-4-6-15(7-5-14)25-13-18(24)21-12-16-20-9-8-17(22-16)23-10-2-1-3-11-23/h4-9H,1-3,10-13H2,(H,21,24). The van der Waals surface area contributed by atoms with Crippen LogP contribution < -0.4 is 15.0 Å². The van der Waals surface area contributed by atoms with Crippen LogP contribution in [0.4, 0.5) is 10.2 Å². The smallest absolute Gasteiger partial charge is 0.258 e. The molecule has 0 unspecified atom stereocenters. The third-order valence-electron chi connectivity index (χ3n) is 4.00. The average Bonchev–Trinajstić information content (AvgIpc) is 2.67. The topological polar surface area (TPSA) is 67.3 Å². The van der Waals surface area contributed by atoms with Gasteiger partial charge in [-0.1, -0.05) is 0 Å². The molecule has 7 heteroatoms. The van der Waals surface area contributed by atoms with E-state index in [2.05, 4.69) is 20.2 Å². The lowest BCUT2D eigenvalue weighted by Gasteiger charge is -2.27. The molecule has 3 rings (SSSR count). The first-order chi connectivity index (χ1) is 12.2. The van der Waals surface area contributed by atoms with Crippen molar-refractivity contribution in [3.63, 3.8) is 0 Å². The molecule has 6 nitrogen and oxygen atoms in total. The Labute approximate surface area is 146 Å². The van der Waals surface area contributed by atoms with Crippen molar-refractivity contribution in [1.82, 2.24) is 15.3 Å². The summed E-state index contributed by atoms with van der Waals surface area (Å²) in [5.74, 6) is 1.29. The van der Waals surface area contributed by atoms with E-state index in [1.807, 2.05) is 6.07 Å². The maximum Gasteiger partial charge on any atom is 0.258 e. The number of carbonyl (C=O) groups excluding carboxylic acids is 1. The number of amides is 1. The van der Waals surface area contributed by atoms with E-state index < -0.39 is 0 Å². The highest BCUT2D eigenvalue weighted by atomic mass is 19.1. The van der Waals surface area contributed by atoms with E-state index in [9.17, 15) is 9.18 Å². The van der Waals surface area contributed by atoms with Gasteiger partial charge >= 0.3 is 0 Å². The molecule has 0 saturated carbocycles. The minimum atomic E-state index is -0.345. The van der Waals surface area contributed by atoms with E-state index in [1.165, 1.54) is 43.5 Å². The van der Waals surface area contributed by atoms with Gasteiger partial charge in [0.25, 0.3) is 5.91 Å². The first kappa shape index (κ1) is 17.1. The number of benzene rings is 1. The number of halogens is 1. The third-order valence-corrected chi connectivity index (χ3v) is 4.00. The Morgan fingerprint density at radius 1 is 1.16 bits per heavy atom. The average molecular weight is 344 g/mol. The maximum atomic E-state index is 12.8. The normalized spacial score (nSPS) is 14.2. The predicted octanol–water partition coefficient (Wildman–Crippen LogP) is 2.30. The zero-order chi connectivity index (χ0) is 17.5. The summed E-state index contributed by atoms with van der Waals surface area (Å²) in [5, 5.41) is 2.73. The zero-order valence-corrected chi connectivity index (χ0v) is 13.9. The summed E-state index contributed by atoms with van der Waals surface area (Å²) in [4.78, 5) is 22.8. The molecule has 1 fully saturated rings. The van der Waals surface area contributed by atoms with Crippen molar-refractivity contribution in [2.45, 2.75) is 25.8 Å². The minimum absolute atomic E-state index is 0.141. The van der Waals surface area contributed by atoms with Crippen molar-refractivity contribution >= 4 is 11.7 Å². The second kappa shape index (κ2) is 8.41. The fourth-order valence-corrected chi connectivity index (χ4v) is 2.68. The number of ether oxygens (including phenoxy) is 1. The van der Waals surface area contributed by atoms with Gasteiger partial charge in [-0.2, -0.15) is 0 Å². The van der Waals surface area contributed by atoms with E-state index in [4.69, 9.17) is 4.74 Å². The quantitative estimate of drug-likeness (QED) is 0.871. The van der Waals surface area contributed by atoms with Crippen LogP contribution in [0.1, 0.15) is 25.1 Å². The monoisotopic (exact) mass is 344 g/mol. The van der Waals surface area contributed by atoms with Crippen molar-refractivity contribution in [1.29, 1.82) is 0 Å². The lowest BCUT2D eigenvalue weighted by atomic mass is 10.1. The first-order valence-electron chi connectivity index (χ1n) is 8.43. The summed E-state index contributed by atoms with van der Waals surface area (Å²) < 4.78 is 18.1. The van der Waals surface area contributed by atoms with Crippen molar-refractivity contribution in [2.75, 3.05) is 24.6 Å². The number of carbonyl (C=O) groups is 1. The SMILES string of the molecule is O=C(COc1ccc(F)cc1)NCc1nccc(N2CCCCC2)n1. The Kier molecular flexibility index (Phi) is 5.77. The molecule has 1 aliphatic rings. The van der Waals surface area contributed by atoms with Gasteiger partial charge in [-0.25, -0.2) is 14.4 Å². The summed E-state index contributed by atoms with van der Waals surface area (Å²) in [6.45, 7) is 2.12. The van der Waals surface area contributed by atoms with E-state index >= 15 is 0 Å². The molecular weight excluding hydrogens is 323 g/mol. The third kappa shape index (κ3) is 5.14.